The highest BCUT2D eigenvalue weighted by molar-refractivity contribution is 4.94. The lowest BCUT2D eigenvalue weighted by Gasteiger charge is -2.32. The first kappa shape index (κ1) is 14.3. The Labute approximate surface area is 112 Å². The zero-order valence-electron chi connectivity index (χ0n) is 12.5. The molecule has 0 aromatic carbocycles. The third kappa shape index (κ3) is 3.06. The van der Waals surface area contributed by atoms with Crippen LogP contribution in [-0.2, 0) is 0 Å². The topological polar surface area (TPSA) is 26.7 Å². The normalized spacial score (nSPS) is 36.7. The molecule has 106 valence electrons. The van der Waals surface area contributed by atoms with Crippen LogP contribution in [0, 0.1) is 11.3 Å². The van der Waals surface area contributed by atoms with Crippen molar-refractivity contribution in [2.75, 3.05) is 33.7 Å². The quantitative estimate of drug-likeness (QED) is 0.829. The van der Waals surface area contributed by atoms with E-state index in [1.165, 1.54) is 32.2 Å². The van der Waals surface area contributed by atoms with Gasteiger partial charge in [-0.15, -0.1) is 0 Å². The summed E-state index contributed by atoms with van der Waals surface area (Å²) in [6.07, 6.45) is 4.90. The van der Waals surface area contributed by atoms with Crippen molar-refractivity contribution in [3.05, 3.63) is 0 Å². The van der Waals surface area contributed by atoms with Crippen molar-refractivity contribution in [2.24, 2.45) is 11.3 Å². The summed E-state index contributed by atoms with van der Waals surface area (Å²) in [7, 11) is 4.31. The molecule has 3 atom stereocenters. The van der Waals surface area contributed by atoms with E-state index in [9.17, 15) is 5.11 Å². The van der Waals surface area contributed by atoms with Crippen LogP contribution in [-0.4, -0.2) is 60.8 Å². The fraction of sp³-hybridized carbons (Fsp3) is 1.00. The van der Waals surface area contributed by atoms with Gasteiger partial charge in [0.2, 0.25) is 0 Å². The molecule has 1 heterocycles. The van der Waals surface area contributed by atoms with Gasteiger partial charge in [0, 0.05) is 19.1 Å². The molecule has 1 aliphatic carbocycles. The molecule has 0 aromatic heterocycles. The first-order valence-electron chi connectivity index (χ1n) is 7.47. The minimum atomic E-state index is -0.113. The first-order valence-corrected chi connectivity index (χ1v) is 7.47. The van der Waals surface area contributed by atoms with Crippen LogP contribution in [0.3, 0.4) is 0 Å². The summed E-state index contributed by atoms with van der Waals surface area (Å²) in [6, 6.07) is 0.705. The lowest BCUT2D eigenvalue weighted by atomic mass is 9.87. The van der Waals surface area contributed by atoms with Crippen molar-refractivity contribution in [1.29, 1.82) is 0 Å². The second-order valence-corrected chi connectivity index (χ2v) is 7.29. The van der Waals surface area contributed by atoms with Gasteiger partial charge in [0.25, 0.3) is 0 Å². The summed E-state index contributed by atoms with van der Waals surface area (Å²) < 4.78 is 0. The molecule has 0 radical (unpaired) electrons. The average Bonchev–Trinajstić information content (AvgIpc) is 2.78. The largest absolute Gasteiger partial charge is 0.392 e. The summed E-state index contributed by atoms with van der Waals surface area (Å²) in [5, 5.41) is 10.4. The minimum Gasteiger partial charge on any atom is -0.392 e. The predicted molar refractivity (Wildman–Crippen MR) is 75.7 cm³/mol. The second kappa shape index (κ2) is 5.48. The molecule has 2 aliphatic rings. The van der Waals surface area contributed by atoms with Crippen molar-refractivity contribution in [2.45, 2.75) is 51.7 Å². The predicted octanol–water partition coefficient (Wildman–Crippen LogP) is 1.81. The van der Waals surface area contributed by atoms with E-state index in [4.69, 9.17) is 0 Å². The molecular weight excluding hydrogens is 224 g/mol. The van der Waals surface area contributed by atoms with Crippen LogP contribution in [0.25, 0.3) is 0 Å². The molecule has 0 bridgehead atoms. The molecule has 2 fully saturated rings. The zero-order valence-corrected chi connectivity index (χ0v) is 12.5. The van der Waals surface area contributed by atoms with Crippen LogP contribution < -0.4 is 0 Å². The lowest BCUT2D eigenvalue weighted by molar-refractivity contribution is 0.0297. The Morgan fingerprint density at radius 2 is 2.00 bits per heavy atom. The van der Waals surface area contributed by atoms with Crippen LogP contribution in [0.4, 0.5) is 0 Å². The Morgan fingerprint density at radius 3 is 2.56 bits per heavy atom. The molecule has 0 spiro atoms. The number of hydrogen-bond donors (Lipinski definition) is 1. The maximum atomic E-state index is 10.4. The maximum absolute atomic E-state index is 10.4. The van der Waals surface area contributed by atoms with Gasteiger partial charge >= 0.3 is 0 Å². The Balaban J connectivity index is 1.89. The van der Waals surface area contributed by atoms with E-state index >= 15 is 0 Å². The molecule has 3 nitrogen and oxygen atoms in total. The van der Waals surface area contributed by atoms with E-state index < -0.39 is 0 Å². The van der Waals surface area contributed by atoms with Gasteiger partial charge in [0.15, 0.2) is 0 Å². The summed E-state index contributed by atoms with van der Waals surface area (Å²) in [4.78, 5) is 4.91. The molecule has 1 saturated heterocycles. The summed E-state index contributed by atoms with van der Waals surface area (Å²) in [5.74, 6) is 0.489. The van der Waals surface area contributed by atoms with E-state index in [1.807, 2.05) is 0 Å². The Morgan fingerprint density at radius 1 is 1.28 bits per heavy atom. The third-order valence-corrected chi connectivity index (χ3v) is 4.95. The number of hydrogen-bond acceptors (Lipinski definition) is 3. The van der Waals surface area contributed by atoms with Crippen molar-refractivity contribution in [3.8, 4) is 0 Å². The molecule has 1 aliphatic heterocycles. The highest BCUT2D eigenvalue weighted by atomic mass is 16.3. The van der Waals surface area contributed by atoms with Gasteiger partial charge < -0.3 is 10.0 Å². The summed E-state index contributed by atoms with van der Waals surface area (Å²) in [6.45, 7) is 7.90. The third-order valence-electron chi connectivity index (χ3n) is 4.95. The molecule has 3 unspecified atom stereocenters. The van der Waals surface area contributed by atoms with Crippen molar-refractivity contribution < 1.29 is 5.11 Å². The molecule has 0 aromatic rings. The highest BCUT2D eigenvalue weighted by Gasteiger charge is 2.42. The van der Waals surface area contributed by atoms with E-state index in [1.54, 1.807) is 0 Å². The number of likely N-dealkylation sites (tertiary alicyclic amines) is 1. The van der Waals surface area contributed by atoms with Crippen LogP contribution in [0.15, 0.2) is 0 Å². The smallest absolute Gasteiger partial charge is 0.0631 e. The molecule has 0 amide bonds. The number of nitrogens with zero attached hydrogens (tertiary/aromatic N) is 2. The number of likely N-dealkylation sites (N-methyl/N-ethyl adjacent to an activating group) is 1. The van der Waals surface area contributed by atoms with Gasteiger partial charge in [-0.1, -0.05) is 13.8 Å². The molecular formula is C15H30N2O. The standard InChI is InChI=1S/C15H30N2O/c1-15(2)8-7-12(14(15)18)10-17-9-5-6-13(17)11-16(3)4/h12-14,18H,5-11H2,1-4H3. The van der Waals surface area contributed by atoms with Gasteiger partial charge in [-0.05, 0) is 57.7 Å². The Hall–Kier alpha value is -0.120. The number of aliphatic hydroxyl groups is 1. The molecule has 3 heteroatoms. The lowest BCUT2D eigenvalue weighted by Crippen LogP contribution is -2.42. The maximum Gasteiger partial charge on any atom is 0.0631 e. The van der Waals surface area contributed by atoms with Crippen molar-refractivity contribution in [1.82, 2.24) is 9.80 Å². The summed E-state index contributed by atoms with van der Waals surface area (Å²) >= 11 is 0. The molecule has 2 rings (SSSR count). The molecule has 1 saturated carbocycles. The van der Waals surface area contributed by atoms with Crippen molar-refractivity contribution >= 4 is 0 Å². The fourth-order valence-electron chi connectivity index (χ4n) is 3.76. The average molecular weight is 254 g/mol. The van der Waals surface area contributed by atoms with Crippen molar-refractivity contribution in [3.63, 3.8) is 0 Å². The van der Waals surface area contributed by atoms with Gasteiger partial charge in [-0.25, -0.2) is 0 Å². The monoisotopic (exact) mass is 254 g/mol. The SMILES string of the molecule is CN(C)CC1CCCN1CC1CCC(C)(C)C1O. The fourth-order valence-corrected chi connectivity index (χ4v) is 3.76. The molecule has 18 heavy (non-hydrogen) atoms. The van der Waals surface area contributed by atoms with Crippen LogP contribution in [0.1, 0.15) is 39.5 Å². The van der Waals surface area contributed by atoms with E-state index in [-0.39, 0.29) is 11.5 Å². The highest BCUT2D eigenvalue weighted by Crippen LogP contribution is 2.42. The van der Waals surface area contributed by atoms with Crippen LogP contribution >= 0.6 is 0 Å². The summed E-state index contributed by atoms with van der Waals surface area (Å²) in [5.41, 5.74) is 0.126. The van der Waals surface area contributed by atoms with Crippen LogP contribution in [0.5, 0.6) is 0 Å². The van der Waals surface area contributed by atoms with Crippen LogP contribution in [0.2, 0.25) is 0 Å². The van der Waals surface area contributed by atoms with Gasteiger partial charge in [-0.2, -0.15) is 0 Å². The van der Waals surface area contributed by atoms with Gasteiger partial charge in [-0.3, -0.25) is 4.90 Å². The second-order valence-electron chi connectivity index (χ2n) is 7.29. The minimum absolute atomic E-state index is 0.113. The van der Waals surface area contributed by atoms with Gasteiger partial charge in [0.1, 0.15) is 0 Å². The zero-order chi connectivity index (χ0) is 13.3. The van der Waals surface area contributed by atoms with Gasteiger partial charge in [0.05, 0.1) is 6.10 Å². The van der Waals surface area contributed by atoms with E-state index in [0.717, 1.165) is 13.1 Å². The first-order chi connectivity index (χ1) is 8.40. The van der Waals surface area contributed by atoms with E-state index in [2.05, 4.69) is 37.7 Å². The number of aliphatic hydroxyl groups excluding tert-OH is 1. The Kier molecular flexibility index (Phi) is 4.35. The van der Waals surface area contributed by atoms with E-state index in [0.29, 0.717) is 12.0 Å². The molecule has 1 N–H and O–H groups in total. The Bertz CT molecular complexity index is 278. The number of rotatable bonds is 4.